The van der Waals surface area contributed by atoms with Gasteiger partial charge < -0.3 is 15.4 Å². The molecule has 1 aliphatic heterocycles. The Morgan fingerprint density at radius 1 is 1.29 bits per heavy atom. The molecule has 1 aliphatic rings. The zero-order valence-electron chi connectivity index (χ0n) is 13.4. The van der Waals surface area contributed by atoms with Gasteiger partial charge in [-0.05, 0) is 43.2 Å². The summed E-state index contributed by atoms with van der Waals surface area (Å²) >= 11 is 5.91. The summed E-state index contributed by atoms with van der Waals surface area (Å²) in [6, 6.07) is 12.3. The number of hydrogen-bond acceptors (Lipinski definition) is 3. The van der Waals surface area contributed by atoms with Crippen LogP contribution in [0.4, 0.5) is 11.4 Å². The summed E-state index contributed by atoms with van der Waals surface area (Å²) in [6.45, 7) is 3.44. The Morgan fingerprint density at radius 3 is 2.79 bits per heavy atom. The molecule has 6 heteroatoms. The molecule has 1 atom stereocenters. The Balaban J connectivity index is 1.89. The second-order valence-electron chi connectivity index (χ2n) is 5.69. The maximum atomic E-state index is 12.7. The van der Waals surface area contributed by atoms with Crippen LogP contribution in [-0.2, 0) is 16.0 Å². The normalized spacial score (nSPS) is 19.0. The summed E-state index contributed by atoms with van der Waals surface area (Å²) in [5.41, 5.74) is 0.441. The number of rotatable bonds is 3. The Hall–Kier alpha value is -2.53. The van der Waals surface area contributed by atoms with Gasteiger partial charge in [0.1, 0.15) is 5.75 Å². The van der Waals surface area contributed by atoms with Gasteiger partial charge in [-0.3, -0.25) is 9.59 Å². The van der Waals surface area contributed by atoms with Crippen molar-refractivity contribution < 1.29 is 14.3 Å². The molecule has 0 aromatic heterocycles. The van der Waals surface area contributed by atoms with Gasteiger partial charge in [0.15, 0.2) is 0 Å². The van der Waals surface area contributed by atoms with Crippen LogP contribution in [0, 0.1) is 0 Å². The van der Waals surface area contributed by atoms with Gasteiger partial charge >= 0.3 is 0 Å². The lowest BCUT2D eigenvalue weighted by molar-refractivity contribution is -0.143. The summed E-state index contributed by atoms with van der Waals surface area (Å²) in [7, 11) is 0. The minimum Gasteiger partial charge on any atom is -0.466 e. The van der Waals surface area contributed by atoms with Gasteiger partial charge in [-0.25, -0.2) is 0 Å². The molecule has 0 radical (unpaired) electrons. The van der Waals surface area contributed by atoms with Crippen molar-refractivity contribution in [2.45, 2.75) is 25.9 Å². The van der Waals surface area contributed by atoms with Crippen LogP contribution in [0.15, 0.2) is 42.5 Å². The van der Waals surface area contributed by atoms with Gasteiger partial charge in [0.05, 0.1) is 5.69 Å². The summed E-state index contributed by atoms with van der Waals surface area (Å²) in [5, 5.41) is 5.95. The Morgan fingerprint density at radius 2 is 2.04 bits per heavy atom. The highest BCUT2D eigenvalue weighted by molar-refractivity contribution is 6.31. The van der Waals surface area contributed by atoms with E-state index < -0.39 is 17.4 Å². The zero-order chi connectivity index (χ0) is 17.3. The molecule has 0 spiro atoms. The number of anilines is 2. The van der Waals surface area contributed by atoms with Gasteiger partial charge in [0, 0.05) is 10.7 Å². The van der Waals surface area contributed by atoms with E-state index in [1.165, 1.54) is 6.92 Å². The van der Waals surface area contributed by atoms with Crippen molar-refractivity contribution >= 4 is 34.8 Å². The first-order valence-electron chi connectivity index (χ1n) is 7.63. The van der Waals surface area contributed by atoms with E-state index in [9.17, 15) is 9.59 Å². The molecule has 2 N–H and O–H groups in total. The van der Waals surface area contributed by atoms with E-state index in [1.807, 2.05) is 25.1 Å². The Bertz CT molecular complexity index is 822. The highest BCUT2D eigenvalue weighted by Gasteiger charge is 2.47. The van der Waals surface area contributed by atoms with E-state index >= 15 is 0 Å². The van der Waals surface area contributed by atoms with Crippen molar-refractivity contribution in [3.63, 3.8) is 0 Å². The van der Waals surface area contributed by atoms with Crippen LogP contribution in [0.3, 0.4) is 0 Å². The molecule has 3 rings (SSSR count). The minimum absolute atomic E-state index is 0.403. The van der Waals surface area contributed by atoms with Crippen molar-refractivity contribution in [3.8, 4) is 5.75 Å². The third kappa shape index (κ3) is 2.83. The van der Waals surface area contributed by atoms with Crippen LogP contribution in [0.2, 0.25) is 5.02 Å². The monoisotopic (exact) mass is 344 g/mol. The first-order valence-corrected chi connectivity index (χ1v) is 8.01. The first kappa shape index (κ1) is 16.3. The van der Waals surface area contributed by atoms with Crippen LogP contribution < -0.4 is 15.4 Å². The number of carbonyl (C=O) groups is 2. The van der Waals surface area contributed by atoms with Gasteiger partial charge in [0.25, 0.3) is 17.4 Å². The van der Waals surface area contributed by atoms with Crippen LogP contribution >= 0.6 is 11.6 Å². The second-order valence-corrected chi connectivity index (χ2v) is 6.13. The van der Waals surface area contributed by atoms with E-state index in [1.54, 1.807) is 24.3 Å². The lowest BCUT2D eigenvalue weighted by Crippen LogP contribution is -2.56. The Kier molecular flexibility index (Phi) is 4.20. The number of fused-ring (bicyclic) bond motifs is 1. The van der Waals surface area contributed by atoms with E-state index in [0.717, 1.165) is 12.0 Å². The number of carbonyl (C=O) groups excluding carboxylic acids is 2. The third-order valence-corrected chi connectivity index (χ3v) is 4.25. The van der Waals surface area contributed by atoms with E-state index in [0.29, 0.717) is 22.1 Å². The third-order valence-electron chi connectivity index (χ3n) is 4.02. The number of amides is 2. The molecule has 0 saturated carbocycles. The number of ether oxygens (including phenoxy) is 1. The Labute approximate surface area is 145 Å². The highest BCUT2D eigenvalue weighted by atomic mass is 35.5. The molecule has 0 aliphatic carbocycles. The topological polar surface area (TPSA) is 67.4 Å². The molecule has 2 amide bonds. The predicted octanol–water partition coefficient (Wildman–Crippen LogP) is 3.63. The van der Waals surface area contributed by atoms with Crippen molar-refractivity contribution in [2.75, 3.05) is 10.6 Å². The number of hydrogen-bond donors (Lipinski definition) is 2. The molecule has 5 nitrogen and oxygen atoms in total. The molecular formula is C18H17ClN2O3. The zero-order valence-corrected chi connectivity index (χ0v) is 14.1. The number of aryl methyl sites for hydroxylation is 1. The van der Waals surface area contributed by atoms with Crippen molar-refractivity contribution in [3.05, 3.63) is 53.1 Å². The second kappa shape index (κ2) is 6.17. The smallest absolute Gasteiger partial charge is 0.278 e. The van der Waals surface area contributed by atoms with Crippen LogP contribution in [0.1, 0.15) is 19.4 Å². The van der Waals surface area contributed by atoms with Crippen molar-refractivity contribution in [1.29, 1.82) is 0 Å². The van der Waals surface area contributed by atoms with E-state index in [2.05, 4.69) is 10.6 Å². The molecule has 2 aromatic carbocycles. The number of benzene rings is 2. The molecule has 24 heavy (non-hydrogen) atoms. The fraction of sp³-hybridized carbons (Fsp3) is 0.222. The average molecular weight is 345 g/mol. The van der Waals surface area contributed by atoms with Crippen LogP contribution in [0.5, 0.6) is 5.75 Å². The lowest BCUT2D eigenvalue weighted by Gasteiger charge is -2.33. The number of halogens is 1. The number of nitrogens with one attached hydrogen (secondary N) is 2. The molecular weight excluding hydrogens is 328 g/mol. The van der Waals surface area contributed by atoms with E-state index in [4.69, 9.17) is 16.3 Å². The quantitative estimate of drug-likeness (QED) is 0.835. The minimum atomic E-state index is -1.66. The summed E-state index contributed by atoms with van der Waals surface area (Å²) in [6.07, 6.45) is 0.765. The maximum absolute atomic E-state index is 12.7. The van der Waals surface area contributed by atoms with Gasteiger partial charge in [-0.2, -0.15) is 0 Å². The number of para-hydroxylation sites is 1. The average Bonchev–Trinajstić information content (AvgIpc) is 2.56. The highest BCUT2D eigenvalue weighted by Crippen LogP contribution is 2.36. The van der Waals surface area contributed by atoms with Gasteiger partial charge in [0.2, 0.25) is 0 Å². The lowest BCUT2D eigenvalue weighted by atomic mass is 10.0. The van der Waals surface area contributed by atoms with Crippen LogP contribution in [-0.4, -0.2) is 17.4 Å². The largest absolute Gasteiger partial charge is 0.466 e. The van der Waals surface area contributed by atoms with E-state index in [-0.39, 0.29) is 0 Å². The van der Waals surface area contributed by atoms with Gasteiger partial charge in [-0.15, -0.1) is 0 Å². The van der Waals surface area contributed by atoms with Crippen molar-refractivity contribution in [2.24, 2.45) is 0 Å². The molecule has 0 fully saturated rings. The van der Waals surface area contributed by atoms with Crippen LogP contribution in [0.25, 0.3) is 0 Å². The fourth-order valence-corrected chi connectivity index (χ4v) is 2.71. The standard InChI is InChI=1S/C18H17ClN2O3/c1-3-11-6-4-5-7-13(11)20-16(22)18(2)17(23)21-14-10-12(19)8-9-15(14)24-18/h4-10H,3H2,1-2H3,(H,20,22)(H,21,23). The first-order chi connectivity index (χ1) is 11.4. The van der Waals surface area contributed by atoms with Crippen molar-refractivity contribution in [1.82, 2.24) is 0 Å². The maximum Gasteiger partial charge on any atom is 0.278 e. The summed E-state index contributed by atoms with van der Waals surface area (Å²) < 4.78 is 5.71. The molecule has 1 unspecified atom stereocenters. The molecule has 0 saturated heterocycles. The predicted molar refractivity (Wildman–Crippen MR) is 93.6 cm³/mol. The summed E-state index contributed by atoms with van der Waals surface area (Å²) in [5.74, 6) is -0.661. The summed E-state index contributed by atoms with van der Waals surface area (Å²) in [4.78, 5) is 25.2. The molecule has 0 bridgehead atoms. The fourth-order valence-electron chi connectivity index (χ4n) is 2.54. The molecule has 1 heterocycles. The molecule has 124 valence electrons. The SMILES string of the molecule is CCc1ccccc1NC(=O)C1(C)Oc2ccc(Cl)cc2NC1=O. The van der Waals surface area contributed by atoms with Gasteiger partial charge in [-0.1, -0.05) is 36.7 Å². The molecule has 2 aromatic rings.